The molecular formula is C19H12Cl2FN3O2. The quantitative estimate of drug-likeness (QED) is 0.504. The third kappa shape index (κ3) is 2.97. The van der Waals surface area contributed by atoms with Crippen LogP contribution in [0.5, 0.6) is 5.75 Å². The van der Waals surface area contributed by atoms with E-state index in [1.165, 1.54) is 22.7 Å². The Morgan fingerprint density at radius 2 is 1.89 bits per heavy atom. The molecule has 0 aliphatic rings. The topological polar surface area (TPSA) is 70.4 Å². The number of aryl methyl sites for hydroxylation is 1. The number of benzene rings is 2. The van der Waals surface area contributed by atoms with Gasteiger partial charge >= 0.3 is 0 Å². The molecule has 0 amide bonds. The van der Waals surface area contributed by atoms with Crippen molar-refractivity contribution in [3.63, 3.8) is 0 Å². The van der Waals surface area contributed by atoms with Gasteiger partial charge in [0.2, 0.25) is 0 Å². The fourth-order valence-electron chi connectivity index (χ4n) is 3.07. The van der Waals surface area contributed by atoms with Gasteiger partial charge in [0.25, 0.3) is 5.56 Å². The Balaban J connectivity index is 2.04. The first kappa shape index (κ1) is 17.6. The van der Waals surface area contributed by atoms with E-state index in [1.54, 1.807) is 25.1 Å². The number of aromatic amines is 1. The van der Waals surface area contributed by atoms with Crippen molar-refractivity contribution < 1.29 is 9.50 Å². The van der Waals surface area contributed by atoms with Gasteiger partial charge in [-0.1, -0.05) is 29.3 Å². The van der Waals surface area contributed by atoms with Crippen molar-refractivity contribution in [3.05, 3.63) is 74.4 Å². The predicted molar refractivity (Wildman–Crippen MR) is 103 cm³/mol. The van der Waals surface area contributed by atoms with E-state index >= 15 is 0 Å². The van der Waals surface area contributed by atoms with Gasteiger partial charge in [-0.3, -0.25) is 4.79 Å². The third-order valence-corrected chi connectivity index (χ3v) is 4.98. The third-order valence-electron chi connectivity index (χ3n) is 4.24. The number of hydrogen-bond donors (Lipinski definition) is 2. The zero-order valence-corrected chi connectivity index (χ0v) is 15.4. The Morgan fingerprint density at radius 3 is 2.59 bits per heavy atom. The zero-order chi connectivity index (χ0) is 19.3. The largest absolute Gasteiger partial charge is 0.507 e. The summed E-state index contributed by atoms with van der Waals surface area (Å²) in [5.41, 5.74) is 2.70. The van der Waals surface area contributed by atoms with Crippen molar-refractivity contribution in [1.29, 1.82) is 0 Å². The highest BCUT2D eigenvalue weighted by atomic mass is 35.5. The second-order valence-electron chi connectivity index (χ2n) is 6.03. The number of nitrogens with zero attached hydrogens (tertiary/aromatic N) is 2. The first-order valence-electron chi connectivity index (χ1n) is 7.92. The zero-order valence-electron chi connectivity index (χ0n) is 13.9. The standard InChI is InChI=1S/C19H12Cl2FN3O2/c1-9-18(10-2-5-13(20)14(21)6-10)19-23-17(27)8-15(25(19)24-9)12-4-3-11(22)7-16(12)26/h2-8,26H,1H3,(H,23,27). The van der Waals surface area contributed by atoms with E-state index in [0.717, 1.165) is 11.6 Å². The molecule has 0 aliphatic heterocycles. The number of phenolic OH excluding ortho intramolecular Hbond substituents is 1. The van der Waals surface area contributed by atoms with Gasteiger partial charge in [0.05, 0.1) is 21.4 Å². The molecule has 4 rings (SSSR count). The van der Waals surface area contributed by atoms with E-state index in [1.807, 2.05) is 0 Å². The molecular weight excluding hydrogens is 392 g/mol. The molecule has 0 aliphatic carbocycles. The summed E-state index contributed by atoms with van der Waals surface area (Å²) in [4.78, 5) is 15.0. The molecule has 0 spiro atoms. The second-order valence-corrected chi connectivity index (χ2v) is 6.84. The molecule has 0 atom stereocenters. The lowest BCUT2D eigenvalue weighted by Crippen LogP contribution is -2.10. The molecule has 0 unspecified atom stereocenters. The van der Waals surface area contributed by atoms with Gasteiger partial charge in [0.15, 0.2) is 0 Å². The van der Waals surface area contributed by atoms with Crippen LogP contribution in [0, 0.1) is 12.7 Å². The van der Waals surface area contributed by atoms with E-state index in [0.29, 0.717) is 32.6 Å². The van der Waals surface area contributed by atoms with E-state index in [2.05, 4.69) is 10.1 Å². The Morgan fingerprint density at radius 1 is 1.11 bits per heavy atom. The van der Waals surface area contributed by atoms with Crippen LogP contribution in [0.4, 0.5) is 4.39 Å². The molecule has 0 radical (unpaired) electrons. The van der Waals surface area contributed by atoms with Crippen LogP contribution < -0.4 is 5.56 Å². The molecule has 0 fully saturated rings. The monoisotopic (exact) mass is 403 g/mol. The number of aromatic hydroxyl groups is 1. The lowest BCUT2D eigenvalue weighted by Gasteiger charge is -2.08. The summed E-state index contributed by atoms with van der Waals surface area (Å²) in [6, 6.07) is 10.0. The number of nitrogens with one attached hydrogen (secondary N) is 1. The first-order valence-corrected chi connectivity index (χ1v) is 8.67. The summed E-state index contributed by atoms with van der Waals surface area (Å²) in [5, 5.41) is 15.4. The number of hydrogen-bond acceptors (Lipinski definition) is 3. The maximum atomic E-state index is 13.3. The molecule has 2 heterocycles. The Kier molecular flexibility index (Phi) is 4.17. The number of phenols is 1. The lowest BCUT2D eigenvalue weighted by atomic mass is 10.1. The van der Waals surface area contributed by atoms with Gasteiger partial charge in [-0.15, -0.1) is 0 Å². The Bertz CT molecular complexity index is 1260. The van der Waals surface area contributed by atoms with Crippen LogP contribution in [0.3, 0.4) is 0 Å². The minimum Gasteiger partial charge on any atom is -0.507 e. The summed E-state index contributed by atoms with van der Waals surface area (Å²) < 4.78 is 14.8. The first-order chi connectivity index (χ1) is 12.8. The van der Waals surface area contributed by atoms with Crippen LogP contribution in [0.25, 0.3) is 28.0 Å². The average molecular weight is 404 g/mol. The minimum absolute atomic E-state index is 0.286. The van der Waals surface area contributed by atoms with Gasteiger partial charge in [-0.05, 0) is 36.8 Å². The number of halogens is 3. The van der Waals surface area contributed by atoms with Crippen LogP contribution in [-0.4, -0.2) is 19.7 Å². The molecule has 5 nitrogen and oxygen atoms in total. The molecule has 8 heteroatoms. The van der Waals surface area contributed by atoms with Crippen LogP contribution in [0.15, 0.2) is 47.3 Å². The van der Waals surface area contributed by atoms with Crippen molar-refractivity contribution in [2.75, 3.05) is 0 Å². The van der Waals surface area contributed by atoms with E-state index < -0.39 is 5.82 Å². The average Bonchev–Trinajstić information content (AvgIpc) is 2.93. The Hall–Kier alpha value is -2.83. The van der Waals surface area contributed by atoms with Gasteiger partial charge < -0.3 is 10.1 Å². The fraction of sp³-hybridized carbons (Fsp3) is 0.0526. The van der Waals surface area contributed by atoms with Crippen LogP contribution >= 0.6 is 23.2 Å². The fourth-order valence-corrected chi connectivity index (χ4v) is 3.36. The smallest absolute Gasteiger partial charge is 0.251 e. The van der Waals surface area contributed by atoms with Crippen molar-refractivity contribution in [2.24, 2.45) is 0 Å². The van der Waals surface area contributed by atoms with Crippen molar-refractivity contribution in [3.8, 4) is 28.1 Å². The molecule has 4 aromatic rings. The minimum atomic E-state index is -0.578. The maximum absolute atomic E-state index is 13.3. The molecule has 0 saturated carbocycles. The van der Waals surface area contributed by atoms with Crippen molar-refractivity contribution in [2.45, 2.75) is 6.92 Å². The van der Waals surface area contributed by atoms with Crippen LogP contribution in [-0.2, 0) is 0 Å². The molecule has 0 bridgehead atoms. The lowest BCUT2D eigenvalue weighted by molar-refractivity contribution is 0.470. The number of aromatic nitrogens is 3. The highest BCUT2D eigenvalue weighted by Crippen LogP contribution is 2.35. The molecule has 2 aromatic carbocycles. The van der Waals surface area contributed by atoms with Gasteiger partial charge in [0.1, 0.15) is 17.2 Å². The number of rotatable bonds is 2. The molecule has 2 N–H and O–H groups in total. The number of H-pyrrole nitrogens is 1. The summed E-state index contributed by atoms with van der Waals surface area (Å²) >= 11 is 12.1. The number of fused-ring (bicyclic) bond motifs is 1. The Labute approximate surface area is 162 Å². The van der Waals surface area contributed by atoms with Crippen molar-refractivity contribution in [1.82, 2.24) is 14.6 Å². The summed E-state index contributed by atoms with van der Waals surface area (Å²) in [6.07, 6.45) is 0. The van der Waals surface area contributed by atoms with Gasteiger partial charge in [-0.25, -0.2) is 8.91 Å². The van der Waals surface area contributed by atoms with Crippen LogP contribution in [0.2, 0.25) is 10.0 Å². The predicted octanol–water partition coefficient (Wildman–Crippen LogP) is 4.82. The van der Waals surface area contributed by atoms with Gasteiger partial charge in [0, 0.05) is 23.3 Å². The molecule has 0 saturated heterocycles. The summed E-state index contributed by atoms with van der Waals surface area (Å²) in [5.74, 6) is -0.864. The second kappa shape index (κ2) is 6.40. The SMILES string of the molecule is Cc1nn2c(-c3ccc(F)cc3O)cc(=O)[nH]c2c1-c1ccc(Cl)c(Cl)c1. The van der Waals surface area contributed by atoms with Crippen molar-refractivity contribution >= 4 is 28.8 Å². The molecule has 136 valence electrons. The van der Waals surface area contributed by atoms with E-state index in [-0.39, 0.29) is 16.9 Å². The van der Waals surface area contributed by atoms with E-state index in [9.17, 15) is 14.3 Å². The highest BCUT2D eigenvalue weighted by molar-refractivity contribution is 6.42. The molecule has 2 aromatic heterocycles. The maximum Gasteiger partial charge on any atom is 0.251 e. The normalized spacial score (nSPS) is 11.3. The van der Waals surface area contributed by atoms with E-state index in [4.69, 9.17) is 23.2 Å². The van der Waals surface area contributed by atoms with Gasteiger partial charge in [-0.2, -0.15) is 5.10 Å². The molecule has 27 heavy (non-hydrogen) atoms. The summed E-state index contributed by atoms with van der Waals surface area (Å²) in [7, 11) is 0. The summed E-state index contributed by atoms with van der Waals surface area (Å²) in [6.45, 7) is 1.79. The van der Waals surface area contributed by atoms with Crippen LogP contribution in [0.1, 0.15) is 5.69 Å². The highest BCUT2D eigenvalue weighted by Gasteiger charge is 2.18.